The molecule has 2 aromatic rings. The molecular weight excluding hydrogens is 423 g/mol. The third kappa shape index (κ3) is 3.21. The average Bonchev–Trinajstić information content (AvgIpc) is 2.93. The molecule has 6 heteroatoms. The molecule has 0 amide bonds. The van der Waals surface area contributed by atoms with Crippen molar-refractivity contribution in [1.29, 1.82) is 5.26 Å². The molecule has 0 fully saturated rings. The van der Waals surface area contributed by atoms with Crippen LogP contribution in [-0.2, 0) is 12.8 Å². The lowest BCUT2D eigenvalue weighted by Gasteiger charge is -2.09. The molecule has 0 unspecified atom stereocenters. The predicted octanol–water partition coefficient (Wildman–Crippen LogP) is 4.57. The molecule has 1 N–H and O–H groups in total. The monoisotopic (exact) mass is 438 g/mol. The number of phenolic OH excluding ortho intramolecular Hbond substituents is 1. The van der Waals surface area contributed by atoms with Gasteiger partial charge >= 0.3 is 0 Å². The molecular formula is C17H15IN2O2S. The van der Waals surface area contributed by atoms with Crippen molar-refractivity contribution < 1.29 is 9.84 Å². The number of nitrogens with zero attached hydrogens (tertiary/aromatic N) is 2. The number of hydrogen-bond donors (Lipinski definition) is 1. The molecule has 1 aromatic heterocycles. The molecule has 1 aliphatic rings. The molecule has 0 saturated heterocycles. The standard InChI is InChI=1S/C17H15IN2O2S/c1-22-14-7-10(6-13(18)16(14)21)9-20-17-12(8-19)11-4-2-3-5-15(11)23-17/h6-7,9,21H,2-5H2,1H3. The van der Waals surface area contributed by atoms with Gasteiger partial charge in [-0.2, -0.15) is 5.26 Å². The van der Waals surface area contributed by atoms with Crippen molar-refractivity contribution in [1.82, 2.24) is 0 Å². The maximum Gasteiger partial charge on any atom is 0.171 e. The summed E-state index contributed by atoms with van der Waals surface area (Å²) in [7, 11) is 1.52. The van der Waals surface area contributed by atoms with E-state index in [2.05, 4.69) is 33.7 Å². The van der Waals surface area contributed by atoms with Gasteiger partial charge in [0.15, 0.2) is 11.5 Å². The Bertz CT molecular complexity index is 821. The Hall–Kier alpha value is -1.59. The molecule has 23 heavy (non-hydrogen) atoms. The molecule has 0 radical (unpaired) electrons. The summed E-state index contributed by atoms with van der Waals surface area (Å²) in [5.41, 5.74) is 2.74. The van der Waals surface area contributed by atoms with Crippen LogP contribution in [0.2, 0.25) is 0 Å². The minimum atomic E-state index is 0.134. The number of halogens is 1. The molecule has 0 spiro atoms. The van der Waals surface area contributed by atoms with Crippen LogP contribution >= 0.6 is 33.9 Å². The number of aryl methyl sites for hydroxylation is 1. The highest BCUT2D eigenvalue weighted by atomic mass is 127. The quantitative estimate of drug-likeness (QED) is 0.564. The summed E-state index contributed by atoms with van der Waals surface area (Å²) in [4.78, 5) is 5.83. The highest BCUT2D eigenvalue weighted by molar-refractivity contribution is 14.1. The first-order valence-electron chi connectivity index (χ1n) is 7.29. The second kappa shape index (κ2) is 6.89. The van der Waals surface area contributed by atoms with Crippen LogP contribution in [0.15, 0.2) is 17.1 Å². The lowest BCUT2D eigenvalue weighted by molar-refractivity contribution is 0.371. The third-order valence-electron chi connectivity index (χ3n) is 3.87. The van der Waals surface area contributed by atoms with Gasteiger partial charge in [-0.1, -0.05) is 0 Å². The number of fused-ring (bicyclic) bond motifs is 1. The highest BCUT2D eigenvalue weighted by Crippen LogP contribution is 2.39. The molecule has 1 aromatic carbocycles. The van der Waals surface area contributed by atoms with Crippen molar-refractivity contribution in [3.8, 4) is 17.6 Å². The molecule has 0 bridgehead atoms. The normalized spacial score (nSPS) is 13.8. The van der Waals surface area contributed by atoms with Crippen molar-refractivity contribution in [3.05, 3.63) is 37.3 Å². The molecule has 0 atom stereocenters. The number of aliphatic imine (C=N–C) groups is 1. The van der Waals surface area contributed by atoms with Crippen LogP contribution in [0.4, 0.5) is 5.00 Å². The van der Waals surface area contributed by atoms with Gasteiger partial charge in [-0.3, -0.25) is 0 Å². The van der Waals surface area contributed by atoms with Crippen LogP contribution in [0, 0.1) is 14.9 Å². The number of nitriles is 1. The molecule has 0 aliphatic heterocycles. The van der Waals surface area contributed by atoms with Crippen molar-refractivity contribution >= 4 is 45.1 Å². The fraction of sp³-hybridized carbons (Fsp3) is 0.294. The van der Waals surface area contributed by atoms with Crippen molar-refractivity contribution in [2.45, 2.75) is 25.7 Å². The third-order valence-corrected chi connectivity index (χ3v) is 5.89. The topological polar surface area (TPSA) is 65.6 Å². The molecule has 0 saturated carbocycles. The zero-order valence-electron chi connectivity index (χ0n) is 12.6. The van der Waals surface area contributed by atoms with E-state index in [-0.39, 0.29) is 5.75 Å². The molecule has 1 heterocycles. The zero-order valence-corrected chi connectivity index (χ0v) is 15.6. The van der Waals surface area contributed by atoms with Crippen molar-refractivity contribution in [3.63, 3.8) is 0 Å². The second-order valence-electron chi connectivity index (χ2n) is 5.31. The van der Waals surface area contributed by atoms with Gasteiger partial charge in [0.25, 0.3) is 0 Å². The SMILES string of the molecule is COc1cc(C=Nc2sc3c(c2C#N)CCCC3)cc(I)c1O. The minimum absolute atomic E-state index is 0.134. The first-order chi connectivity index (χ1) is 11.1. The van der Waals surface area contributed by atoms with Gasteiger partial charge < -0.3 is 9.84 Å². The van der Waals surface area contributed by atoms with E-state index in [9.17, 15) is 10.4 Å². The smallest absolute Gasteiger partial charge is 0.171 e. The van der Waals surface area contributed by atoms with E-state index >= 15 is 0 Å². The first-order valence-corrected chi connectivity index (χ1v) is 9.18. The fourth-order valence-corrected chi connectivity index (χ4v) is 4.52. The fourth-order valence-electron chi connectivity index (χ4n) is 2.71. The number of thiophene rings is 1. The molecule has 118 valence electrons. The number of hydrogen-bond acceptors (Lipinski definition) is 5. The van der Waals surface area contributed by atoms with E-state index in [0.717, 1.165) is 35.4 Å². The van der Waals surface area contributed by atoms with Crippen LogP contribution in [0.25, 0.3) is 0 Å². The van der Waals surface area contributed by atoms with Crippen LogP contribution in [0.5, 0.6) is 11.5 Å². The molecule has 3 rings (SSSR count). The Morgan fingerprint density at radius 2 is 2.17 bits per heavy atom. The Labute approximate surface area is 152 Å². The lowest BCUT2D eigenvalue weighted by Crippen LogP contribution is -1.99. The summed E-state index contributed by atoms with van der Waals surface area (Å²) in [5, 5.41) is 20.1. The van der Waals surface area contributed by atoms with Gasteiger partial charge in [-0.25, -0.2) is 4.99 Å². The van der Waals surface area contributed by atoms with E-state index in [1.54, 1.807) is 23.6 Å². The van der Waals surface area contributed by atoms with Crippen molar-refractivity contribution in [2.75, 3.05) is 7.11 Å². The zero-order chi connectivity index (χ0) is 16.4. The number of benzene rings is 1. The number of ether oxygens (including phenoxy) is 1. The lowest BCUT2D eigenvalue weighted by atomic mass is 9.96. The Morgan fingerprint density at radius 3 is 2.91 bits per heavy atom. The molecule has 1 aliphatic carbocycles. The van der Waals surface area contributed by atoms with E-state index in [1.807, 2.05) is 6.07 Å². The van der Waals surface area contributed by atoms with Gasteiger partial charge in [-0.05, 0) is 71.5 Å². The maximum absolute atomic E-state index is 9.88. The van der Waals surface area contributed by atoms with Gasteiger partial charge in [-0.15, -0.1) is 11.3 Å². The van der Waals surface area contributed by atoms with Crippen LogP contribution < -0.4 is 4.74 Å². The summed E-state index contributed by atoms with van der Waals surface area (Å²) in [6, 6.07) is 5.88. The average molecular weight is 438 g/mol. The van der Waals surface area contributed by atoms with Gasteiger partial charge in [0.1, 0.15) is 11.1 Å². The minimum Gasteiger partial charge on any atom is -0.504 e. The van der Waals surface area contributed by atoms with E-state index < -0.39 is 0 Å². The Morgan fingerprint density at radius 1 is 1.39 bits per heavy atom. The predicted molar refractivity (Wildman–Crippen MR) is 100 cm³/mol. The van der Waals surface area contributed by atoms with E-state index in [4.69, 9.17) is 4.74 Å². The van der Waals surface area contributed by atoms with E-state index in [0.29, 0.717) is 9.32 Å². The van der Waals surface area contributed by atoms with Gasteiger partial charge in [0, 0.05) is 11.1 Å². The number of methoxy groups -OCH3 is 1. The van der Waals surface area contributed by atoms with Gasteiger partial charge in [0.05, 0.1) is 16.2 Å². The van der Waals surface area contributed by atoms with Gasteiger partial charge in [0.2, 0.25) is 0 Å². The first kappa shape index (κ1) is 16.3. The van der Waals surface area contributed by atoms with E-state index in [1.165, 1.54) is 24.0 Å². The van der Waals surface area contributed by atoms with Crippen molar-refractivity contribution in [2.24, 2.45) is 4.99 Å². The number of rotatable bonds is 3. The number of aromatic hydroxyl groups is 1. The summed E-state index contributed by atoms with van der Waals surface area (Å²) in [6.07, 6.45) is 6.09. The highest BCUT2D eigenvalue weighted by Gasteiger charge is 2.20. The number of phenols is 1. The summed E-state index contributed by atoms with van der Waals surface area (Å²) in [6.45, 7) is 0. The maximum atomic E-state index is 9.88. The largest absolute Gasteiger partial charge is 0.504 e. The second-order valence-corrected chi connectivity index (χ2v) is 7.56. The summed E-state index contributed by atoms with van der Waals surface area (Å²) >= 11 is 3.68. The van der Waals surface area contributed by atoms with Crippen LogP contribution in [-0.4, -0.2) is 18.4 Å². The summed E-state index contributed by atoms with van der Waals surface area (Å²) in [5.74, 6) is 0.555. The van der Waals surface area contributed by atoms with Crippen LogP contribution in [0.1, 0.15) is 34.4 Å². The molecule has 4 nitrogen and oxygen atoms in total. The van der Waals surface area contributed by atoms with Crippen LogP contribution in [0.3, 0.4) is 0 Å². The summed E-state index contributed by atoms with van der Waals surface area (Å²) < 4.78 is 5.87. The Balaban J connectivity index is 1.96. The Kier molecular flexibility index (Phi) is 4.87.